The molecule has 1 amide bonds. The lowest BCUT2D eigenvalue weighted by molar-refractivity contribution is -0.121. The molecule has 2 aromatic carbocycles. The number of para-hydroxylation sites is 2. The molecule has 1 N–H and O–H groups in total. The number of nitrogens with zero attached hydrogens (tertiary/aromatic N) is 2. The van der Waals surface area contributed by atoms with Crippen molar-refractivity contribution >= 4 is 16.9 Å². The van der Waals surface area contributed by atoms with Gasteiger partial charge in [0.15, 0.2) is 0 Å². The number of rotatable bonds is 8. The minimum atomic E-state index is -0.0692. The molecule has 0 spiro atoms. The molecule has 0 aliphatic carbocycles. The van der Waals surface area contributed by atoms with E-state index in [4.69, 9.17) is 9.40 Å². The summed E-state index contributed by atoms with van der Waals surface area (Å²) < 4.78 is 7.34. The zero-order valence-corrected chi connectivity index (χ0v) is 18.3. The van der Waals surface area contributed by atoms with Crippen LogP contribution < -0.4 is 5.32 Å². The third-order valence-electron chi connectivity index (χ3n) is 5.54. The normalized spacial score (nSPS) is 12.4. The predicted molar refractivity (Wildman–Crippen MR) is 123 cm³/mol. The van der Waals surface area contributed by atoms with Gasteiger partial charge >= 0.3 is 0 Å². The molecule has 160 valence electrons. The quantitative estimate of drug-likeness (QED) is 0.425. The molecule has 4 rings (SSSR count). The van der Waals surface area contributed by atoms with Crippen LogP contribution in [0.5, 0.6) is 0 Å². The topological polar surface area (TPSA) is 60.1 Å². The molecule has 1 unspecified atom stereocenters. The summed E-state index contributed by atoms with van der Waals surface area (Å²) in [4.78, 5) is 17.6. The second kappa shape index (κ2) is 9.21. The van der Waals surface area contributed by atoms with Crippen molar-refractivity contribution in [1.82, 2.24) is 14.9 Å². The molecule has 0 aliphatic rings. The number of nitrogens with one attached hydrogen (secondary N) is 1. The van der Waals surface area contributed by atoms with E-state index in [0.29, 0.717) is 12.5 Å². The van der Waals surface area contributed by atoms with Gasteiger partial charge in [-0.3, -0.25) is 4.79 Å². The van der Waals surface area contributed by atoms with E-state index in [1.807, 2.05) is 41.0 Å². The van der Waals surface area contributed by atoms with Crippen LogP contribution >= 0.6 is 0 Å². The lowest BCUT2D eigenvalue weighted by Crippen LogP contribution is -2.28. The molecule has 5 heteroatoms. The van der Waals surface area contributed by atoms with Gasteiger partial charge in [-0.1, -0.05) is 57.2 Å². The van der Waals surface area contributed by atoms with Crippen molar-refractivity contribution in [1.29, 1.82) is 0 Å². The van der Waals surface area contributed by atoms with Crippen LogP contribution in [-0.2, 0) is 24.3 Å². The number of benzene rings is 2. The minimum absolute atomic E-state index is 0.0679. The average molecular weight is 416 g/mol. The standard InChI is InChI=1S/C26H29N3O2/c1-18(2)15-20-10-12-21(13-11-20)19(3)26-28-23-8-4-5-9-24(23)29(26)17-25(30)27-16-22-7-6-14-31-22/h4-14,18-19H,15-17H2,1-3H3,(H,27,30). The first-order valence-electron chi connectivity index (χ1n) is 10.8. The van der Waals surface area contributed by atoms with Crippen LogP contribution in [0.3, 0.4) is 0 Å². The van der Waals surface area contributed by atoms with E-state index in [0.717, 1.165) is 29.0 Å². The summed E-state index contributed by atoms with van der Waals surface area (Å²) in [6, 6.07) is 20.4. The highest BCUT2D eigenvalue weighted by Crippen LogP contribution is 2.28. The summed E-state index contributed by atoms with van der Waals surface area (Å²) in [5, 5.41) is 2.94. The molecule has 0 fully saturated rings. The van der Waals surface area contributed by atoms with E-state index in [9.17, 15) is 4.79 Å². The van der Waals surface area contributed by atoms with Crippen molar-refractivity contribution in [2.45, 2.75) is 46.2 Å². The van der Waals surface area contributed by atoms with Crippen LogP contribution in [0.15, 0.2) is 71.3 Å². The molecular weight excluding hydrogens is 386 g/mol. The van der Waals surface area contributed by atoms with Gasteiger partial charge in [-0.05, 0) is 47.7 Å². The number of hydrogen-bond donors (Lipinski definition) is 1. The maximum atomic E-state index is 12.7. The molecule has 2 heterocycles. The first-order valence-corrected chi connectivity index (χ1v) is 10.8. The number of carbonyl (C=O) groups excluding carboxylic acids is 1. The van der Waals surface area contributed by atoms with E-state index >= 15 is 0 Å². The van der Waals surface area contributed by atoms with Crippen LogP contribution in [-0.4, -0.2) is 15.5 Å². The van der Waals surface area contributed by atoms with Gasteiger partial charge < -0.3 is 14.3 Å². The van der Waals surface area contributed by atoms with Crippen molar-refractivity contribution < 1.29 is 9.21 Å². The lowest BCUT2D eigenvalue weighted by atomic mass is 9.96. The van der Waals surface area contributed by atoms with Crippen LogP contribution in [0.1, 0.15) is 49.4 Å². The Morgan fingerprint density at radius 1 is 1.03 bits per heavy atom. The molecule has 0 saturated carbocycles. The summed E-state index contributed by atoms with van der Waals surface area (Å²) in [7, 11) is 0. The van der Waals surface area contributed by atoms with E-state index < -0.39 is 0 Å². The fourth-order valence-electron chi connectivity index (χ4n) is 3.95. The predicted octanol–water partition coefficient (Wildman–Crippen LogP) is 5.30. The van der Waals surface area contributed by atoms with E-state index in [1.165, 1.54) is 11.1 Å². The Hall–Kier alpha value is -3.34. The van der Waals surface area contributed by atoms with Gasteiger partial charge in [0.25, 0.3) is 0 Å². The van der Waals surface area contributed by atoms with Gasteiger partial charge in [0.05, 0.1) is 23.8 Å². The Bertz CT molecular complexity index is 1140. The molecule has 0 aliphatic heterocycles. The van der Waals surface area contributed by atoms with Gasteiger partial charge in [0.1, 0.15) is 18.1 Å². The molecule has 4 aromatic rings. The maximum absolute atomic E-state index is 12.7. The fourth-order valence-corrected chi connectivity index (χ4v) is 3.95. The number of imidazole rings is 1. The molecule has 1 atom stereocenters. The lowest BCUT2D eigenvalue weighted by Gasteiger charge is -2.16. The largest absolute Gasteiger partial charge is 0.467 e. The van der Waals surface area contributed by atoms with E-state index in [-0.39, 0.29) is 18.4 Å². The van der Waals surface area contributed by atoms with Crippen LogP contribution in [0.2, 0.25) is 0 Å². The van der Waals surface area contributed by atoms with Crippen LogP contribution in [0, 0.1) is 5.92 Å². The minimum Gasteiger partial charge on any atom is -0.467 e. The highest BCUT2D eigenvalue weighted by molar-refractivity contribution is 5.81. The van der Waals surface area contributed by atoms with E-state index in [2.05, 4.69) is 50.4 Å². The SMILES string of the molecule is CC(C)Cc1ccc(C(C)c2nc3ccccc3n2CC(=O)NCc2ccco2)cc1. The smallest absolute Gasteiger partial charge is 0.240 e. The Morgan fingerprint density at radius 3 is 2.52 bits per heavy atom. The van der Waals surface area contributed by atoms with Gasteiger partial charge in [0, 0.05) is 5.92 Å². The Morgan fingerprint density at radius 2 is 1.81 bits per heavy atom. The fraction of sp³-hybridized carbons (Fsp3) is 0.308. The molecule has 0 bridgehead atoms. The third-order valence-corrected chi connectivity index (χ3v) is 5.54. The summed E-state index contributed by atoms with van der Waals surface area (Å²) in [5.41, 5.74) is 4.41. The molecule has 0 saturated heterocycles. The number of amides is 1. The van der Waals surface area contributed by atoms with Crippen molar-refractivity contribution in [3.8, 4) is 0 Å². The maximum Gasteiger partial charge on any atom is 0.240 e. The Kier molecular flexibility index (Phi) is 6.21. The van der Waals surface area contributed by atoms with Crippen molar-refractivity contribution in [2.75, 3.05) is 0 Å². The van der Waals surface area contributed by atoms with Crippen molar-refractivity contribution in [3.05, 3.63) is 89.6 Å². The summed E-state index contributed by atoms with van der Waals surface area (Å²) in [6.45, 7) is 7.20. The molecule has 0 radical (unpaired) electrons. The Labute approximate surface area is 183 Å². The van der Waals surface area contributed by atoms with Crippen molar-refractivity contribution in [2.24, 2.45) is 5.92 Å². The highest BCUT2D eigenvalue weighted by Gasteiger charge is 2.20. The first-order chi connectivity index (χ1) is 15.0. The van der Waals surface area contributed by atoms with Gasteiger partial charge in [0.2, 0.25) is 5.91 Å². The zero-order valence-electron chi connectivity index (χ0n) is 18.3. The second-order valence-corrected chi connectivity index (χ2v) is 8.46. The van der Waals surface area contributed by atoms with Crippen LogP contribution in [0.4, 0.5) is 0 Å². The highest BCUT2D eigenvalue weighted by atomic mass is 16.3. The van der Waals surface area contributed by atoms with E-state index in [1.54, 1.807) is 6.26 Å². The van der Waals surface area contributed by atoms with Gasteiger partial charge in [-0.15, -0.1) is 0 Å². The monoisotopic (exact) mass is 415 g/mol. The molecular formula is C26H29N3O2. The zero-order chi connectivity index (χ0) is 21.8. The Balaban J connectivity index is 1.58. The third kappa shape index (κ3) is 4.88. The number of aromatic nitrogens is 2. The summed E-state index contributed by atoms with van der Waals surface area (Å²) in [5.74, 6) is 2.26. The molecule has 5 nitrogen and oxygen atoms in total. The average Bonchev–Trinajstić information content (AvgIpc) is 3.40. The second-order valence-electron chi connectivity index (χ2n) is 8.46. The summed E-state index contributed by atoms with van der Waals surface area (Å²) in [6.07, 6.45) is 2.68. The van der Waals surface area contributed by atoms with Crippen molar-refractivity contribution in [3.63, 3.8) is 0 Å². The molecule has 2 aromatic heterocycles. The number of furan rings is 1. The number of fused-ring (bicyclic) bond motifs is 1. The van der Waals surface area contributed by atoms with Gasteiger partial charge in [-0.25, -0.2) is 4.98 Å². The van der Waals surface area contributed by atoms with Gasteiger partial charge in [-0.2, -0.15) is 0 Å². The molecule has 31 heavy (non-hydrogen) atoms. The summed E-state index contributed by atoms with van der Waals surface area (Å²) >= 11 is 0. The first kappa shape index (κ1) is 20.9. The van der Waals surface area contributed by atoms with Crippen LogP contribution in [0.25, 0.3) is 11.0 Å². The number of carbonyl (C=O) groups is 1. The number of hydrogen-bond acceptors (Lipinski definition) is 3.